The maximum Gasteiger partial charge on any atom is 0.437 e. The molecule has 2 aromatic carbocycles. The Hall–Kier alpha value is -3.15. The molecular formula is C16H15N3O3. The zero-order valence-corrected chi connectivity index (χ0v) is 11.9. The number of nitrogens with one attached hydrogen (secondary N) is 2. The average Bonchev–Trinajstić information content (AvgIpc) is 2.48. The number of benzene rings is 2. The second-order valence-electron chi connectivity index (χ2n) is 4.46. The van der Waals surface area contributed by atoms with E-state index >= 15 is 0 Å². The lowest BCUT2D eigenvalue weighted by Gasteiger charge is -2.03. The van der Waals surface area contributed by atoms with Gasteiger partial charge < -0.3 is 5.32 Å². The highest BCUT2D eigenvalue weighted by molar-refractivity contribution is 6.31. The number of aryl methyl sites for hydroxylation is 1. The largest absolute Gasteiger partial charge is 0.437 e. The summed E-state index contributed by atoms with van der Waals surface area (Å²) < 4.78 is 0. The van der Waals surface area contributed by atoms with Gasteiger partial charge in [-0.2, -0.15) is 0 Å². The zero-order chi connectivity index (χ0) is 15.8. The van der Waals surface area contributed by atoms with Crippen LogP contribution in [0.3, 0.4) is 0 Å². The first-order valence-corrected chi connectivity index (χ1v) is 6.57. The number of carbonyl (C=O) groups is 2. The van der Waals surface area contributed by atoms with Gasteiger partial charge >= 0.3 is 6.09 Å². The molecule has 2 amide bonds. The van der Waals surface area contributed by atoms with Gasteiger partial charge in [0.15, 0.2) is 0 Å². The fourth-order valence-electron chi connectivity index (χ4n) is 1.68. The molecule has 0 saturated carbocycles. The summed E-state index contributed by atoms with van der Waals surface area (Å²) in [6.45, 7) is 1.92. The SMILES string of the molecule is Cc1cccc(NC(=O)C=NOC(=O)Nc2ccccc2)c1. The minimum absolute atomic E-state index is 0.488. The van der Waals surface area contributed by atoms with Crippen LogP contribution in [0.2, 0.25) is 0 Å². The predicted octanol–water partition coefficient (Wildman–Crippen LogP) is 3.17. The number of amides is 2. The number of hydrogen-bond acceptors (Lipinski definition) is 4. The second kappa shape index (κ2) is 7.58. The van der Waals surface area contributed by atoms with Crippen LogP contribution in [0.5, 0.6) is 0 Å². The Morgan fingerprint density at radius 3 is 2.45 bits per heavy atom. The third-order valence-electron chi connectivity index (χ3n) is 2.61. The molecule has 0 aliphatic heterocycles. The summed E-state index contributed by atoms with van der Waals surface area (Å²) in [7, 11) is 0. The van der Waals surface area contributed by atoms with E-state index in [-0.39, 0.29) is 0 Å². The summed E-state index contributed by atoms with van der Waals surface area (Å²) in [6.07, 6.45) is 0.123. The van der Waals surface area contributed by atoms with Crippen molar-refractivity contribution in [1.29, 1.82) is 0 Å². The molecule has 0 aliphatic carbocycles. The van der Waals surface area contributed by atoms with Crippen LogP contribution in [0.25, 0.3) is 0 Å². The van der Waals surface area contributed by atoms with Crippen LogP contribution in [0.1, 0.15) is 5.56 Å². The molecule has 2 rings (SSSR count). The van der Waals surface area contributed by atoms with Crippen LogP contribution in [-0.2, 0) is 9.63 Å². The van der Waals surface area contributed by atoms with Gasteiger partial charge in [-0.15, -0.1) is 0 Å². The minimum Gasteiger partial charge on any atom is -0.321 e. The molecule has 2 aromatic rings. The summed E-state index contributed by atoms with van der Waals surface area (Å²) in [5.74, 6) is -0.488. The lowest BCUT2D eigenvalue weighted by molar-refractivity contribution is -0.110. The summed E-state index contributed by atoms with van der Waals surface area (Å²) in [5, 5.41) is 8.41. The molecule has 0 fully saturated rings. The Bertz CT molecular complexity index is 684. The highest BCUT2D eigenvalue weighted by atomic mass is 16.7. The minimum atomic E-state index is -0.772. The van der Waals surface area contributed by atoms with Crippen LogP contribution in [-0.4, -0.2) is 18.2 Å². The summed E-state index contributed by atoms with van der Waals surface area (Å²) in [4.78, 5) is 27.5. The third kappa shape index (κ3) is 5.09. The molecule has 6 heteroatoms. The lowest BCUT2D eigenvalue weighted by Crippen LogP contribution is -2.15. The van der Waals surface area contributed by atoms with Crippen molar-refractivity contribution in [1.82, 2.24) is 0 Å². The fourth-order valence-corrected chi connectivity index (χ4v) is 1.68. The number of oxime groups is 1. The molecule has 0 heterocycles. The van der Waals surface area contributed by atoms with E-state index in [9.17, 15) is 9.59 Å². The molecule has 22 heavy (non-hydrogen) atoms. The van der Waals surface area contributed by atoms with Crippen molar-refractivity contribution < 1.29 is 14.4 Å². The Morgan fingerprint density at radius 1 is 1.00 bits per heavy atom. The van der Waals surface area contributed by atoms with Crippen molar-refractivity contribution in [2.45, 2.75) is 6.92 Å². The van der Waals surface area contributed by atoms with Crippen molar-refractivity contribution in [3.05, 3.63) is 60.2 Å². The number of anilines is 2. The first kappa shape index (κ1) is 15.2. The molecule has 0 aromatic heterocycles. The highest BCUT2D eigenvalue weighted by Crippen LogP contribution is 2.09. The molecule has 0 bridgehead atoms. The van der Waals surface area contributed by atoms with Crippen LogP contribution in [0.4, 0.5) is 16.2 Å². The maximum absolute atomic E-state index is 11.6. The molecule has 0 radical (unpaired) electrons. The Morgan fingerprint density at radius 2 is 1.73 bits per heavy atom. The molecule has 0 unspecified atom stereocenters. The van der Waals surface area contributed by atoms with Gasteiger partial charge in [0.1, 0.15) is 6.21 Å². The lowest BCUT2D eigenvalue weighted by atomic mass is 10.2. The standard InChI is InChI=1S/C16H15N3O3/c1-12-6-5-9-14(10-12)18-15(20)11-17-22-16(21)19-13-7-3-2-4-8-13/h2-11H,1H3,(H,18,20)(H,19,21). The molecule has 0 atom stereocenters. The van der Waals surface area contributed by atoms with E-state index in [1.54, 1.807) is 30.3 Å². The summed E-state index contributed by atoms with van der Waals surface area (Å²) in [5.41, 5.74) is 2.24. The van der Waals surface area contributed by atoms with E-state index in [1.165, 1.54) is 0 Å². The van der Waals surface area contributed by atoms with Crippen molar-refractivity contribution in [2.24, 2.45) is 5.16 Å². The van der Waals surface area contributed by atoms with Gasteiger partial charge in [0.05, 0.1) is 0 Å². The average molecular weight is 297 g/mol. The van der Waals surface area contributed by atoms with Gasteiger partial charge in [-0.05, 0) is 36.8 Å². The Balaban J connectivity index is 1.79. The van der Waals surface area contributed by atoms with E-state index in [2.05, 4.69) is 20.6 Å². The maximum atomic E-state index is 11.6. The van der Waals surface area contributed by atoms with Gasteiger partial charge in [-0.25, -0.2) is 4.79 Å². The number of nitrogens with zero attached hydrogens (tertiary/aromatic N) is 1. The van der Waals surface area contributed by atoms with Crippen LogP contribution in [0.15, 0.2) is 59.8 Å². The molecule has 2 N–H and O–H groups in total. The van der Waals surface area contributed by atoms with Gasteiger partial charge in [-0.3, -0.25) is 14.9 Å². The highest BCUT2D eigenvalue weighted by Gasteiger charge is 2.03. The van der Waals surface area contributed by atoms with E-state index in [0.29, 0.717) is 11.4 Å². The topological polar surface area (TPSA) is 79.8 Å². The Kier molecular flexibility index (Phi) is 5.25. The van der Waals surface area contributed by atoms with E-state index < -0.39 is 12.0 Å². The monoisotopic (exact) mass is 297 g/mol. The van der Waals surface area contributed by atoms with Gasteiger partial charge in [-0.1, -0.05) is 35.5 Å². The molecule has 0 aliphatic rings. The van der Waals surface area contributed by atoms with Crippen molar-refractivity contribution in [2.75, 3.05) is 10.6 Å². The molecule has 112 valence electrons. The normalized spacial score (nSPS) is 10.2. The first-order valence-electron chi connectivity index (χ1n) is 6.57. The summed E-state index contributed by atoms with van der Waals surface area (Å²) >= 11 is 0. The fraction of sp³-hybridized carbons (Fsp3) is 0.0625. The van der Waals surface area contributed by atoms with Crippen LogP contribution >= 0.6 is 0 Å². The van der Waals surface area contributed by atoms with Crippen molar-refractivity contribution in [3.63, 3.8) is 0 Å². The molecule has 0 saturated heterocycles. The predicted molar refractivity (Wildman–Crippen MR) is 84.8 cm³/mol. The van der Waals surface area contributed by atoms with E-state index in [1.807, 2.05) is 31.2 Å². The molecular weight excluding hydrogens is 282 g/mol. The first-order chi connectivity index (χ1) is 10.6. The number of rotatable bonds is 4. The van der Waals surface area contributed by atoms with Crippen LogP contribution in [0, 0.1) is 6.92 Å². The number of para-hydroxylation sites is 1. The van der Waals surface area contributed by atoms with Gasteiger partial charge in [0.25, 0.3) is 5.91 Å². The van der Waals surface area contributed by atoms with Crippen molar-refractivity contribution >= 4 is 29.6 Å². The third-order valence-corrected chi connectivity index (χ3v) is 2.61. The zero-order valence-electron chi connectivity index (χ0n) is 11.9. The smallest absolute Gasteiger partial charge is 0.321 e. The van der Waals surface area contributed by atoms with E-state index in [4.69, 9.17) is 0 Å². The Labute approximate surface area is 127 Å². The second-order valence-corrected chi connectivity index (χ2v) is 4.46. The van der Waals surface area contributed by atoms with Crippen molar-refractivity contribution in [3.8, 4) is 0 Å². The van der Waals surface area contributed by atoms with Crippen LogP contribution < -0.4 is 10.6 Å². The number of carbonyl (C=O) groups excluding carboxylic acids is 2. The van der Waals surface area contributed by atoms with Gasteiger partial charge in [0.2, 0.25) is 0 Å². The summed E-state index contributed by atoms with van der Waals surface area (Å²) in [6, 6.07) is 16.1. The number of hydrogen-bond donors (Lipinski definition) is 2. The molecule has 0 spiro atoms. The quantitative estimate of drug-likeness (QED) is 0.517. The van der Waals surface area contributed by atoms with E-state index in [0.717, 1.165) is 11.8 Å². The van der Waals surface area contributed by atoms with Gasteiger partial charge in [0, 0.05) is 11.4 Å². The molecule has 6 nitrogen and oxygen atoms in total.